The van der Waals surface area contributed by atoms with Crippen molar-refractivity contribution in [2.24, 2.45) is 0 Å². The lowest BCUT2D eigenvalue weighted by atomic mass is 9.80. The minimum atomic E-state index is -1.36. The zero-order chi connectivity index (χ0) is 30.3. The van der Waals surface area contributed by atoms with Crippen LogP contribution in [-0.2, 0) is 15.0 Å². The van der Waals surface area contributed by atoms with Crippen molar-refractivity contribution in [3.63, 3.8) is 0 Å². The van der Waals surface area contributed by atoms with Crippen LogP contribution in [0.1, 0.15) is 62.0 Å². The molecule has 2 aliphatic rings. The Morgan fingerprint density at radius 2 is 1.90 bits per heavy atom. The van der Waals surface area contributed by atoms with Crippen molar-refractivity contribution in [1.29, 1.82) is 0 Å². The van der Waals surface area contributed by atoms with Gasteiger partial charge >= 0.3 is 5.97 Å². The molecule has 10 nitrogen and oxygen atoms in total. The third kappa shape index (κ3) is 5.19. The van der Waals surface area contributed by atoms with Crippen LogP contribution >= 0.6 is 0 Å². The monoisotopic (exact) mass is 579 g/mol. The Labute approximate surface area is 242 Å². The summed E-state index contributed by atoms with van der Waals surface area (Å²) in [7, 11) is 1.40. The van der Waals surface area contributed by atoms with Gasteiger partial charge in [0.05, 0.1) is 18.0 Å². The van der Waals surface area contributed by atoms with Crippen LogP contribution in [0, 0.1) is 5.82 Å². The largest absolute Gasteiger partial charge is 0.492 e. The number of aromatic nitrogens is 1. The fourth-order valence-electron chi connectivity index (χ4n) is 6.01. The molecule has 222 valence electrons. The summed E-state index contributed by atoms with van der Waals surface area (Å²) in [5.74, 6) is -1.56. The number of carbonyl (C=O) groups excluding carboxylic acids is 2. The van der Waals surface area contributed by atoms with Crippen molar-refractivity contribution in [3.05, 3.63) is 63.7 Å². The van der Waals surface area contributed by atoms with E-state index in [4.69, 9.17) is 9.47 Å². The maximum atomic E-state index is 15.8. The fourth-order valence-corrected chi connectivity index (χ4v) is 6.01. The highest BCUT2D eigenvalue weighted by Crippen LogP contribution is 2.44. The summed E-state index contributed by atoms with van der Waals surface area (Å²) < 4.78 is 28.4. The first kappa shape index (κ1) is 29.1. The van der Waals surface area contributed by atoms with Gasteiger partial charge in [-0.05, 0) is 31.9 Å². The number of carboxylic acid groups (broad SMARTS) is 1. The zero-order valence-electron chi connectivity index (χ0n) is 24.1. The molecule has 3 aromatic rings. The Morgan fingerprint density at radius 1 is 1.19 bits per heavy atom. The van der Waals surface area contributed by atoms with Crippen LogP contribution in [0.3, 0.4) is 0 Å². The molecule has 1 saturated heterocycles. The number of ether oxygens (including phenoxy) is 2. The quantitative estimate of drug-likeness (QED) is 0.376. The third-order valence-corrected chi connectivity index (χ3v) is 8.22. The molecule has 1 N–H and O–H groups in total. The van der Waals surface area contributed by atoms with E-state index in [-0.39, 0.29) is 41.2 Å². The topological polar surface area (TPSA) is 118 Å². The van der Waals surface area contributed by atoms with Gasteiger partial charge in [0.2, 0.25) is 11.3 Å². The van der Waals surface area contributed by atoms with E-state index < -0.39 is 28.2 Å². The third-order valence-electron chi connectivity index (χ3n) is 8.22. The van der Waals surface area contributed by atoms with E-state index in [1.807, 2.05) is 37.8 Å². The zero-order valence-corrected chi connectivity index (χ0v) is 24.1. The van der Waals surface area contributed by atoms with E-state index in [2.05, 4.69) is 0 Å². The van der Waals surface area contributed by atoms with Gasteiger partial charge < -0.3 is 28.9 Å². The van der Waals surface area contributed by atoms with Crippen LogP contribution < -0.4 is 19.8 Å². The molecule has 1 atom stereocenters. The van der Waals surface area contributed by atoms with Crippen molar-refractivity contribution in [3.8, 4) is 11.5 Å². The molecule has 1 aromatic heterocycles. The fraction of sp³-hybridized carbons (Fsp3) is 0.419. The number of carboxylic acids is 1. The number of rotatable bonds is 9. The van der Waals surface area contributed by atoms with E-state index in [1.54, 1.807) is 21.6 Å². The van der Waals surface area contributed by atoms with Crippen molar-refractivity contribution in [2.45, 2.75) is 57.5 Å². The first-order chi connectivity index (χ1) is 20.0. The Morgan fingerprint density at radius 3 is 2.52 bits per heavy atom. The van der Waals surface area contributed by atoms with Crippen LogP contribution in [0.5, 0.6) is 11.5 Å². The van der Waals surface area contributed by atoms with Gasteiger partial charge in [0.15, 0.2) is 11.6 Å². The van der Waals surface area contributed by atoms with Crippen molar-refractivity contribution in [2.75, 3.05) is 31.6 Å². The lowest BCUT2D eigenvalue weighted by Gasteiger charge is -2.42. The molecule has 1 aliphatic heterocycles. The average molecular weight is 580 g/mol. The number of amides is 1. The molecule has 1 saturated carbocycles. The lowest BCUT2D eigenvalue weighted by Crippen LogP contribution is -2.55. The van der Waals surface area contributed by atoms with Gasteiger partial charge in [-0.25, -0.2) is 9.18 Å². The van der Waals surface area contributed by atoms with Gasteiger partial charge in [-0.15, -0.1) is 0 Å². The van der Waals surface area contributed by atoms with Crippen molar-refractivity contribution >= 4 is 34.9 Å². The summed E-state index contributed by atoms with van der Waals surface area (Å²) in [5, 5.41) is 9.54. The summed E-state index contributed by atoms with van der Waals surface area (Å²) >= 11 is 0. The van der Waals surface area contributed by atoms with E-state index in [9.17, 15) is 24.3 Å². The number of aromatic carboxylic acids is 1. The number of hydrogen-bond acceptors (Lipinski definition) is 7. The Kier molecular flexibility index (Phi) is 7.70. The average Bonchev–Trinajstić information content (AvgIpc) is 3.78. The molecule has 11 heteroatoms. The lowest BCUT2D eigenvalue weighted by molar-refractivity contribution is -0.134. The highest BCUT2D eigenvalue weighted by molar-refractivity contribution is 5.97. The number of methoxy groups -OCH3 is 1. The molecule has 5 rings (SSSR count). The number of carbonyl (C=O) groups is 3. The number of benzene rings is 2. The van der Waals surface area contributed by atoms with E-state index >= 15 is 4.39 Å². The molecule has 0 spiro atoms. The number of hydrogen-bond donors (Lipinski definition) is 1. The number of para-hydroxylation sites is 1. The Bertz CT molecular complexity index is 1630. The predicted octanol–water partition coefficient (Wildman–Crippen LogP) is 4.12. The van der Waals surface area contributed by atoms with Crippen LogP contribution in [-0.4, -0.2) is 65.7 Å². The number of halogens is 1. The first-order valence-electron chi connectivity index (χ1n) is 13.9. The standard InChI is InChI=1S/C31H34FN3O7/c1-18-15-33(11-12-34(18)25(37)14-31(2,3)22-7-5-6-8-24(22)42-17-36)27-23(32)13-20-26(29(27)41-4)35(19-9-10-19)16-21(28(20)38)30(39)40/h5-8,13,16-19H,9-12,14-15H2,1-4H3,(H,39,40). The molecule has 2 fully saturated rings. The van der Waals surface area contributed by atoms with Gasteiger partial charge in [0.1, 0.15) is 17.0 Å². The molecule has 1 aliphatic carbocycles. The summed E-state index contributed by atoms with van der Waals surface area (Å²) in [5.41, 5.74) is -0.496. The van der Waals surface area contributed by atoms with Gasteiger partial charge in [0.25, 0.3) is 6.47 Å². The van der Waals surface area contributed by atoms with Crippen molar-refractivity contribution in [1.82, 2.24) is 9.47 Å². The second-order valence-electron chi connectivity index (χ2n) is 11.6. The van der Waals surface area contributed by atoms with Crippen LogP contribution in [0.25, 0.3) is 10.9 Å². The summed E-state index contributed by atoms with van der Waals surface area (Å²) in [4.78, 5) is 52.9. The SMILES string of the molecule is COc1c(N2CCN(C(=O)CC(C)(C)c3ccccc3OC=O)C(C)C2)c(F)cc2c(=O)c(C(=O)O)cn(C3CC3)c12. The number of fused-ring (bicyclic) bond motifs is 1. The summed E-state index contributed by atoms with van der Waals surface area (Å²) in [6, 6.07) is 7.94. The van der Waals surface area contributed by atoms with Crippen molar-refractivity contribution < 1.29 is 33.4 Å². The maximum absolute atomic E-state index is 15.8. The molecule has 0 bridgehead atoms. The Balaban J connectivity index is 1.43. The maximum Gasteiger partial charge on any atom is 0.341 e. The van der Waals surface area contributed by atoms with E-state index in [0.717, 1.165) is 24.5 Å². The van der Waals surface area contributed by atoms with Gasteiger partial charge in [0, 0.05) is 55.3 Å². The van der Waals surface area contributed by atoms with E-state index in [0.29, 0.717) is 37.4 Å². The molecule has 0 radical (unpaired) electrons. The van der Waals surface area contributed by atoms with E-state index in [1.165, 1.54) is 13.3 Å². The molecule has 2 aromatic carbocycles. The molecule has 42 heavy (non-hydrogen) atoms. The smallest absolute Gasteiger partial charge is 0.341 e. The summed E-state index contributed by atoms with van der Waals surface area (Å²) in [6.07, 6.45) is 3.12. The van der Waals surface area contributed by atoms with Gasteiger partial charge in [-0.1, -0.05) is 32.0 Å². The van der Waals surface area contributed by atoms with Crippen LogP contribution in [0.4, 0.5) is 10.1 Å². The molecular weight excluding hydrogens is 545 g/mol. The normalized spacial score (nSPS) is 17.3. The number of piperazine rings is 1. The molecule has 2 heterocycles. The second-order valence-corrected chi connectivity index (χ2v) is 11.6. The highest BCUT2D eigenvalue weighted by Gasteiger charge is 2.36. The predicted molar refractivity (Wildman–Crippen MR) is 154 cm³/mol. The first-order valence-corrected chi connectivity index (χ1v) is 13.9. The number of pyridine rings is 1. The molecule has 1 unspecified atom stereocenters. The summed E-state index contributed by atoms with van der Waals surface area (Å²) in [6.45, 7) is 7.07. The van der Waals surface area contributed by atoms with Gasteiger partial charge in [-0.3, -0.25) is 14.4 Å². The molecule has 1 amide bonds. The Hall–Kier alpha value is -4.41. The number of anilines is 1. The highest BCUT2D eigenvalue weighted by atomic mass is 19.1. The number of nitrogens with zero attached hydrogens (tertiary/aromatic N) is 3. The van der Waals surface area contributed by atoms with Gasteiger partial charge in [-0.2, -0.15) is 0 Å². The van der Waals surface area contributed by atoms with Crippen LogP contribution in [0.15, 0.2) is 41.3 Å². The molecular formula is C31H34FN3O7. The second kappa shape index (κ2) is 11.1. The van der Waals surface area contributed by atoms with Crippen LogP contribution in [0.2, 0.25) is 0 Å². The minimum absolute atomic E-state index is 0.00257. The minimum Gasteiger partial charge on any atom is -0.492 e.